The minimum atomic E-state index is 0.949. The van der Waals surface area contributed by atoms with Gasteiger partial charge in [-0.3, -0.25) is 0 Å². The van der Waals surface area contributed by atoms with Gasteiger partial charge in [-0.05, 0) is 57.2 Å². The monoisotopic (exact) mass is 208 g/mol. The molecule has 0 amide bonds. The molecule has 3 fully saturated rings. The van der Waals surface area contributed by atoms with Crippen molar-refractivity contribution >= 4 is 0 Å². The summed E-state index contributed by atoms with van der Waals surface area (Å²) >= 11 is 0. The van der Waals surface area contributed by atoms with Crippen LogP contribution in [0.5, 0.6) is 0 Å². The van der Waals surface area contributed by atoms with E-state index in [9.17, 15) is 0 Å². The third-order valence-electron chi connectivity index (χ3n) is 4.24. The average Bonchev–Trinajstić information content (AvgIpc) is 3.14. The average molecular weight is 208 g/mol. The largest absolute Gasteiger partial charge is 0.316 e. The molecule has 1 heterocycles. The molecule has 1 atom stereocenters. The van der Waals surface area contributed by atoms with Gasteiger partial charge < -0.3 is 10.2 Å². The third-order valence-corrected chi connectivity index (χ3v) is 4.24. The molecule has 15 heavy (non-hydrogen) atoms. The molecule has 0 radical (unpaired) electrons. The number of rotatable bonds is 6. The van der Waals surface area contributed by atoms with E-state index in [1.807, 2.05) is 0 Å². The summed E-state index contributed by atoms with van der Waals surface area (Å²) in [6.07, 6.45) is 8.82. The smallest absolute Gasteiger partial charge is 0.00965 e. The van der Waals surface area contributed by atoms with Crippen LogP contribution in [0.25, 0.3) is 0 Å². The first-order valence-corrected chi connectivity index (χ1v) is 6.86. The summed E-state index contributed by atoms with van der Waals surface area (Å²) < 4.78 is 0. The van der Waals surface area contributed by atoms with E-state index in [-0.39, 0.29) is 0 Å². The van der Waals surface area contributed by atoms with Crippen molar-refractivity contribution in [3.8, 4) is 0 Å². The lowest BCUT2D eigenvalue weighted by Gasteiger charge is -2.15. The molecule has 1 aliphatic heterocycles. The molecular weight excluding hydrogens is 184 g/mol. The van der Waals surface area contributed by atoms with Crippen LogP contribution in [0.3, 0.4) is 0 Å². The highest BCUT2D eigenvalue weighted by Gasteiger charge is 2.34. The number of nitrogens with zero attached hydrogens (tertiary/aromatic N) is 1. The van der Waals surface area contributed by atoms with Gasteiger partial charge in [0, 0.05) is 12.6 Å². The molecule has 1 N–H and O–H groups in total. The predicted octanol–water partition coefficient (Wildman–Crippen LogP) is 1.86. The van der Waals surface area contributed by atoms with Crippen molar-refractivity contribution in [2.24, 2.45) is 11.8 Å². The summed E-state index contributed by atoms with van der Waals surface area (Å²) in [4.78, 5) is 2.72. The maximum absolute atomic E-state index is 3.65. The summed E-state index contributed by atoms with van der Waals surface area (Å²) in [7, 11) is 0. The van der Waals surface area contributed by atoms with Crippen molar-refractivity contribution in [2.75, 3.05) is 26.2 Å². The fourth-order valence-electron chi connectivity index (χ4n) is 2.82. The van der Waals surface area contributed by atoms with Crippen LogP contribution in [-0.2, 0) is 0 Å². The molecule has 0 aromatic rings. The lowest BCUT2D eigenvalue weighted by molar-refractivity contribution is 0.311. The molecule has 3 aliphatic rings. The minimum Gasteiger partial charge on any atom is -0.316 e. The van der Waals surface area contributed by atoms with Crippen LogP contribution in [-0.4, -0.2) is 37.1 Å². The van der Waals surface area contributed by atoms with Gasteiger partial charge in [0.15, 0.2) is 0 Å². The highest BCUT2D eigenvalue weighted by molar-refractivity contribution is 4.89. The van der Waals surface area contributed by atoms with E-state index in [2.05, 4.69) is 10.2 Å². The third kappa shape index (κ3) is 2.94. The molecular formula is C13H24N2. The Hall–Kier alpha value is -0.0800. The molecule has 0 aromatic heterocycles. The first-order chi connectivity index (χ1) is 7.42. The molecule has 0 aromatic carbocycles. The van der Waals surface area contributed by atoms with E-state index >= 15 is 0 Å². The number of likely N-dealkylation sites (tertiary alicyclic amines) is 1. The Labute approximate surface area is 93.4 Å². The molecule has 2 aliphatic carbocycles. The zero-order valence-corrected chi connectivity index (χ0v) is 9.75. The van der Waals surface area contributed by atoms with Crippen LogP contribution >= 0.6 is 0 Å². The Bertz CT molecular complexity index is 209. The molecule has 2 nitrogen and oxygen atoms in total. The zero-order chi connectivity index (χ0) is 10.1. The number of hydrogen-bond acceptors (Lipinski definition) is 2. The van der Waals surface area contributed by atoms with Gasteiger partial charge in [-0.25, -0.2) is 0 Å². The molecule has 1 saturated heterocycles. The Morgan fingerprint density at radius 1 is 1.00 bits per heavy atom. The summed E-state index contributed by atoms with van der Waals surface area (Å²) in [5.74, 6) is 2.04. The minimum absolute atomic E-state index is 0.949. The lowest BCUT2D eigenvalue weighted by Crippen LogP contribution is -2.28. The maximum Gasteiger partial charge on any atom is 0.00965 e. The van der Waals surface area contributed by atoms with E-state index in [1.165, 1.54) is 64.7 Å². The second kappa shape index (κ2) is 4.42. The van der Waals surface area contributed by atoms with Crippen LogP contribution < -0.4 is 5.32 Å². The molecule has 0 bridgehead atoms. The molecule has 3 rings (SSSR count). The molecule has 0 spiro atoms. The van der Waals surface area contributed by atoms with Gasteiger partial charge in [-0.1, -0.05) is 12.8 Å². The standard InChI is InChI=1S/C13H24N2/c1-2-11(1)5-7-14-9-12-6-8-15(10-12)13-3-4-13/h11-14H,1-10H2. The Morgan fingerprint density at radius 2 is 1.87 bits per heavy atom. The SMILES string of the molecule is C(CC1CC1)NCC1CCN(C2CC2)C1. The van der Waals surface area contributed by atoms with Gasteiger partial charge in [0.2, 0.25) is 0 Å². The van der Waals surface area contributed by atoms with Crippen LogP contribution in [0.2, 0.25) is 0 Å². The molecule has 1 unspecified atom stereocenters. The van der Waals surface area contributed by atoms with Gasteiger partial charge in [0.05, 0.1) is 0 Å². The van der Waals surface area contributed by atoms with Crippen molar-refractivity contribution < 1.29 is 0 Å². The van der Waals surface area contributed by atoms with E-state index < -0.39 is 0 Å². The molecule has 86 valence electrons. The first-order valence-electron chi connectivity index (χ1n) is 6.86. The van der Waals surface area contributed by atoms with Crippen molar-refractivity contribution in [3.63, 3.8) is 0 Å². The summed E-state index contributed by atoms with van der Waals surface area (Å²) in [6.45, 7) is 5.29. The van der Waals surface area contributed by atoms with Gasteiger partial charge in [-0.15, -0.1) is 0 Å². The fourth-order valence-corrected chi connectivity index (χ4v) is 2.82. The predicted molar refractivity (Wildman–Crippen MR) is 62.9 cm³/mol. The maximum atomic E-state index is 3.65. The lowest BCUT2D eigenvalue weighted by atomic mass is 10.1. The second-order valence-electron chi connectivity index (χ2n) is 5.82. The van der Waals surface area contributed by atoms with Crippen LogP contribution in [0.1, 0.15) is 38.5 Å². The van der Waals surface area contributed by atoms with Gasteiger partial charge >= 0.3 is 0 Å². The normalized spacial score (nSPS) is 32.4. The van der Waals surface area contributed by atoms with Crippen molar-refractivity contribution in [1.82, 2.24) is 10.2 Å². The summed E-state index contributed by atoms with van der Waals surface area (Å²) in [6, 6.07) is 0.987. The zero-order valence-electron chi connectivity index (χ0n) is 9.75. The number of nitrogens with one attached hydrogen (secondary N) is 1. The Kier molecular flexibility index (Phi) is 2.98. The highest BCUT2D eigenvalue weighted by Crippen LogP contribution is 2.32. The number of hydrogen-bond donors (Lipinski definition) is 1. The van der Waals surface area contributed by atoms with Crippen LogP contribution in [0.4, 0.5) is 0 Å². The van der Waals surface area contributed by atoms with Gasteiger partial charge in [0.25, 0.3) is 0 Å². The van der Waals surface area contributed by atoms with Gasteiger partial charge in [0.1, 0.15) is 0 Å². The quantitative estimate of drug-likeness (QED) is 0.670. The second-order valence-corrected chi connectivity index (χ2v) is 5.82. The Morgan fingerprint density at radius 3 is 2.60 bits per heavy atom. The fraction of sp³-hybridized carbons (Fsp3) is 1.00. The van der Waals surface area contributed by atoms with Crippen LogP contribution in [0.15, 0.2) is 0 Å². The molecule has 2 saturated carbocycles. The van der Waals surface area contributed by atoms with E-state index in [4.69, 9.17) is 0 Å². The van der Waals surface area contributed by atoms with Crippen LogP contribution in [0, 0.1) is 11.8 Å². The van der Waals surface area contributed by atoms with Crippen molar-refractivity contribution in [1.29, 1.82) is 0 Å². The topological polar surface area (TPSA) is 15.3 Å². The summed E-state index contributed by atoms with van der Waals surface area (Å²) in [5, 5.41) is 3.65. The summed E-state index contributed by atoms with van der Waals surface area (Å²) in [5.41, 5.74) is 0. The van der Waals surface area contributed by atoms with Crippen molar-refractivity contribution in [2.45, 2.75) is 44.6 Å². The van der Waals surface area contributed by atoms with E-state index in [0.29, 0.717) is 0 Å². The van der Waals surface area contributed by atoms with Gasteiger partial charge in [-0.2, -0.15) is 0 Å². The van der Waals surface area contributed by atoms with Crippen molar-refractivity contribution in [3.05, 3.63) is 0 Å². The van der Waals surface area contributed by atoms with E-state index in [1.54, 1.807) is 0 Å². The highest BCUT2D eigenvalue weighted by atomic mass is 15.2. The van der Waals surface area contributed by atoms with E-state index in [0.717, 1.165) is 17.9 Å². The molecule has 2 heteroatoms. The first kappa shape index (κ1) is 10.1. The Balaban J connectivity index is 1.27.